The lowest BCUT2D eigenvalue weighted by Crippen LogP contribution is -2.87. The van der Waals surface area contributed by atoms with Gasteiger partial charge in [-0.2, -0.15) is 52.7 Å². The van der Waals surface area contributed by atoms with Crippen molar-refractivity contribution in [3.63, 3.8) is 0 Å². The van der Waals surface area contributed by atoms with Gasteiger partial charge < -0.3 is 0 Å². The molecule has 1 saturated carbocycles. The molecule has 0 saturated heterocycles. The van der Waals surface area contributed by atoms with Gasteiger partial charge in [-0.3, -0.25) is 4.39 Å². The zero-order valence-electron chi connectivity index (χ0n) is 21.1. The minimum Gasteiger partial charge on any atom is -0.251 e. The molecule has 18 heteroatoms. The molecule has 244 valence electrons. The maximum absolute atomic E-state index is 17.2. The summed E-state index contributed by atoms with van der Waals surface area (Å²) in [5, 5.41) is -1.24. The SMILES string of the molecule is CC1(F)C(F)C(CC(F)(F)F)(C(F)(F)F)C(CCF)(C(F)(F)F)C(Cc2ccccc2)(C(F)C(F)(F)F)C1(F)CCBr. The van der Waals surface area contributed by atoms with E-state index < -0.39 is 115 Å². The Morgan fingerprint density at radius 2 is 1.33 bits per heavy atom. The highest BCUT2D eigenvalue weighted by Crippen LogP contribution is 2.82. The van der Waals surface area contributed by atoms with Crippen molar-refractivity contribution in [2.75, 3.05) is 12.0 Å². The third-order valence-electron chi connectivity index (χ3n) is 8.34. The summed E-state index contributed by atoms with van der Waals surface area (Å²) in [5.41, 5.74) is -29.9. The van der Waals surface area contributed by atoms with Gasteiger partial charge >= 0.3 is 24.7 Å². The second-order valence-electron chi connectivity index (χ2n) is 10.3. The van der Waals surface area contributed by atoms with Gasteiger partial charge in [0.1, 0.15) is 5.41 Å². The Bertz CT molecular complexity index is 1060. The predicted molar refractivity (Wildman–Crippen MR) is 118 cm³/mol. The van der Waals surface area contributed by atoms with Crippen LogP contribution in [0.2, 0.25) is 0 Å². The van der Waals surface area contributed by atoms with E-state index >= 15 is 30.7 Å². The van der Waals surface area contributed by atoms with E-state index in [1.807, 2.05) is 0 Å². The minimum atomic E-state index is -7.32. The first kappa shape index (κ1) is 36.7. The van der Waals surface area contributed by atoms with E-state index in [1.54, 1.807) is 0 Å². The molecule has 0 nitrogen and oxygen atoms in total. The summed E-state index contributed by atoms with van der Waals surface area (Å²) >= 11 is 2.38. The molecule has 1 aliphatic carbocycles. The molecule has 0 amide bonds. The highest BCUT2D eigenvalue weighted by molar-refractivity contribution is 9.09. The number of benzene rings is 1. The molecule has 0 N–H and O–H groups in total. The van der Waals surface area contributed by atoms with Crippen LogP contribution in [0.15, 0.2) is 30.3 Å². The van der Waals surface area contributed by atoms with Gasteiger partial charge in [0.2, 0.25) is 6.17 Å². The molecule has 0 heterocycles. The molecule has 1 aromatic rings. The molecule has 1 aliphatic rings. The second kappa shape index (κ2) is 11.1. The first-order chi connectivity index (χ1) is 18.7. The van der Waals surface area contributed by atoms with Gasteiger partial charge in [-0.1, -0.05) is 46.3 Å². The van der Waals surface area contributed by atoms with E-state index in [0.717, 1.165) is 18.2 Å². The van der Waals surface area contributed by atoms with E-state index in [0.29, 0.717) is 12.1 Å². The van der Waals surface area contributed by atoms with E-state index in [9.17, 15) is 43.9 Å². The van der Waals surface area contributed by atoms with Crippen molar-refractivity contribution in [3.05, 3.63) is 35.9 Å². The molecule has 1 fully saturated rings. The Hall–Kier alpha value is -1.49. The quantitative estimate of drug-likeness (QED) is 0.186. The van der Waals surface area contributed by atoms with Crippen molar-refractivity contribution in [2.24, 2.45) is 16.2 Å². The Morgan fingerprint density at radius 1 is 0.833 bits per heavy atom. The van der Waals surface area contributed by atoms with Gasteiger partial charge in [0.15, 0.2) is 17.5 Å². The number of halogens is 18. The van der Waals surface area contributed by atoms with Gasteiger partial charge in [-0.25, -0.2) is 17.6 Å². The van der Waals surface area contributed by atoms with E-state index in [1.165, 1.54) is 0 Å². The zero-order chi connectivity index (χ0) is 33.0. The Morgan fingerprint density at radius 3 is 1.69 bits per heavy atom. The first-order valence-electron chi connectivity index (χ1n) is 11.8. The predicted octanol–water partition coefficient (Wildman–Crippen LogP) is 10.1. The Labute approximate surface area is 236 Å². The monoisotopic (exact) mass is 712 g/mol. The van der Waals surface area contributed by atoms with Gasteiger partial charge in [0, 0.05) is 5.33 Å². The van der Waals surface area contributed by atoms with Crippen LogP contribution >= 0.6 is 15.9 Å². The average molecular weight is 713 g/mol. The molecule has 0 aromatic heterocycles. The molecular formula is C24H22BrF17. The molecule has 1 aromatic carbocycles. The largest absolute Gasteiger partial charge is 0.420 e. The lowest BCUT2D eigenvalue weighted by molar-refractivity contribution is -0.469. The van der Waals surface area contributed by atoms with Crippen molar-refractivity contribution in [1.82, 2.24) is 0 Å². The zero-order valence-corrected chi connectivity index (χ0v) is 22.7. The summed E-state index contributed by atoms with van der Waals surface area (Å²) in [5.74, 6) is 0. The van der Waals surface area contributed by atoms with Crippen LogP contribution in [0.4, 0.5) is 74.6 Å². The van der Waals surface area contributed by atoms with Crippen LogP contribution in [0, 0.1) is 16.2 Å². The molecule has 0 aliphatic heterocycles. The molecule has 0 spiro atoms. The fraction of sp³-hybridized carbons (Fsp3) is 0.750. The smallest absolute Gasteiger partial charge is 0.251 e. The van der Waals surface area contributed by atoms with Crippen molar-refractivity contribution in [3.8, 4) is 0 Å². The Balaban J connectivity index is 3.58. The summed E-state index contributed by atoms with van der Waals surface area (Å²) in [6.45, 7) is -3.45. The number of alkyl halides is 18. The molecule has 7 atom stereocenters. The van der Waals surface area contributed by atoms with Gasteiger partial charge in [0.05, 0.1) is 23.9 Å². The van der Waals surface area contributed by atoms with Gasteiger partial charge in [-0.05, 0) is 31.7 Å². The molecule has 7 unspecified atom stereocenters. The number of hydrogen-bond acceptors (Lipinski definition) is 0. The molecule has 0 bridgehead atoms. The highest BCUT2D eigenvalue weighted by atomic mass is 79.9. The third kappa shape index (κ3) is 5.06. The maximum atomic E-state index is 17.2. The number of hydrogen-bond donors (Lipinski definition) is 0. The van der Waals surface area contributed by atoms with Crippen molar-refractivity contribution < 1.29 is 74.6 Å². The van der Waals surface area contributed by atoms with E-state index in [2.05, 4.69) is 15.9 Å². The molecule has 42 heavy (non-hydrogen) atoms. The lowest BCUT2D eigenvalue weighted by Gasteiger charge is -2.72. The normalized spacial score (nSPS) is 35.7. The van der Waals surface area contributed by atoms with Crippen LogP contribution in [0.3, 0.4) is 0 Å². The first-order valence-corrected chi connectivity index (χ1v) is 12.9. The van der Waals surface area contributed by atoms with Crippen LogP contribution in [0.1, 0.15) is 31.7 Å². The van der Waals surface area contributed by atoms with E-state index in [-0.39, 0.29) is 0 Å². The average Bonchev–Trinajstić information content (AvgIpc) is 2.81. The fourth-order valence-electron chi connectivity index (χ4n) is 6.92. The summed E-state index contributed by atoms with van der Waals surface area (Å²) in [6.07, 6.45) is -50.6. The van der Waals surface area contributed by atoms with Crippen LogP contribution < -0.4 is 0 Å². The summed E-state index contributed by atoms with van der Waals surface area (Å²) in [4.78, 5) is 0. The summed E-state index contributed by atoms with van der Waals surface area (Å²) < 4.78 is 254. The van der Waals surface area contributed by atoms with Crippen LogP contribution in [-0.2, 0) is 6.42 Å². The minimum absolute atomic E-state index is 0.562. The third-order valence-corrected chi connectivity index (χ3v) is 8.73. The standard InChI is InChI=1S/C24H22BrF17/c1-16(29)14(27)18(23(37,38)39,12-21(31,32)33)19(8-10-26,24(40,41)42)17(15(28)22(34,35)36,20(16,30)7-9-25)11-13-5-3-2-4-6-13/h2-6,14-15H,7-12H2,1H3. The lowest BCUT2D eigenvalue weighted by atomic mass is 9.33. The topological polar surface area (TPSA) is 0 Å². The fourth-order valence-corrected chi connectivity index (χ4v) is 7.47. The van der Waals surface area contributed by atoms with Gasteiger partial charge in [-0.15, -0.1) is 0 Å². The van der Waals surface area contributed by atoms with Crippen LogP contribution in [0.5, 0.6) is 0 Å². The van der Waals surface area contributed by atoms with Crippen molar-refractivity contribution >= 4 is 15.9 Å². The summed E-state index contributed by atoms with van der Waals surface area (Å²) in [7, 11) is 0. The van der Waals surface area contributed by atoms with Crippen LogP contribution in [0.25, 0.3) is 0 Å². The molecule has 0 radical (unpaired) electrons. The van der Waals surface area contributed by atoms with Crippen molar-refractivity contribution in [1.29, 1.82) is 0 Å². The molecular weight excluding hydrogens is 691 g/mol. The van der Waals surface area contributed by atoms with E-state index in [4.69, 9.17) is 0 Å². The highest BCUT2D eigenvalue weighted by Gasteiger charge is 2.97. The number of rotatable bonds is 8. The second-order valence-corrected chi connectivity index (χ2v) is 11.1. The van der Waals surface area contributed by atoms with Crippen LogP contribution in [-0.4, -0.2) is 60.4 Å². The Kier molecular flexibility index (Phi) is 9.74. The summed E-state index contributed by atoms with van der Waals surface area (Å²) in [6, 6.07) is 3.84. The molecule has 2 rings (SSSR count). The maximum Gasteiger partial charge on any atom is 0.420 e. The van der Waals surface area contributed by atoms with Crippen molar-refractivity contribution in [2.45, 2.75) is 81.0 Å². The van der Waals surface area contributed by atoms with Gasteiger partial charge in [0.25, 0.3) is 0 Å².